The fourth-order valence-corrected chi connectivity index (χ4v) is 13.1. The van der Waals surface area contributed by atoms with Gasteiger partial charge in [0, 0.05) is 12.8 Å². The van der Waals surface area contributed by atoms with Gasteiger partial charge in [-0.05, 0) is 57.8 Å². The van der Waals surface area contributed by atoms with E-state index in [-0.39, 0.29) is 18.5 Å². The average Bonchev–Trinajstić information content (AvgIpc) is 3.58. The zero-order chi connectivity index (χ0) is 63.5. The summed E-state index contributed by atoms with van der Waals surface area (Å²) in [6.07, 6.45) is 99.9. The normalized spacial score (nSPS) is 12.5. The lowest BCUT2D eigenvalue weighted by atomic mass is 10.0. The van der Waals surface area contributed by atoms with Gasteiger partial charge in [-0.25, -0.2) is 0 Å². The van der Waals surface area contributed by atoms with Gasteiger partial charge in [-0.3, -0.25) is 9.59 Å². The number of carbonyl (C=O) groups is 2. The second kappa shape index (κ2) is 77.8. The summed E-state index contributed by atoms with van der Waals surface area (Å²) in [5.41, 5.74) is 0. The summed E-state index contributed by atoms with van der Waals surface area (Å²) in [5.74, 6) is -0.00873. The van der Waals surface area contributed by atoms with Crippen molar-refractivity contribution in [2.75, 3.05) is 13.2 Å². The summed E-state index contributed by atoms with van der Waals surface area (Å²) >= 11 is 0. The van der Waals surface area contributed by atoms with E-state index in [9.17, 15) is 19.8 Å². The lowest BCUT2D eigenvalue weighted by Crippen LogP contribution is -2.45. The third kappa shape index (κ3) is 73.4. The molecule has 0 aliphatic heterocycles. The molecule has 0 bridgehead atoms. The molecule has 6 nitrogen and oxygen atoms in total. The molecular formula is C82H159NO5. The summed E-state index contributed by atoms with van der Waals surface area (Å²) in [4.78, 5) is 24.7. The van der Waals surface area contributed by atoms with Crippen LogP contribution in [-0.2, 0) is 14.3 Å². The molecule has 522 valence electrons. The fourth-order valence-electron chi connectivity index (χ4n) is 13.1. The molecule has 6 heteroatoms. The van der Waals surface area contributed by atoms with Gasteiger partial charge in [0.1, 0.15) is 0 Å². The molecule has 0 aliphatic carbocycles. The van der Waals surface area contributed by atoms with Crippen LogP contribution in [0, 0.1) is 0 Å². The first-order valence-corrected chi connectivity index (χ1v) is 40.6. The van der Waals surface area contributed by atoms with Crippen LogP contribution in [0.1, 0.15) is 463 Å². The van der Waals surface area contributed by atoms with Crippen molar-refractivity contribution in [2.24, 2.45) is 0 Å². The maximum Gasteiger partial charge on any atom is 0.305 e. The van der Waals surface area contributed by atoms with Gasteiger partial charge < -0.3 is 20.3 Å². The van der Waals surface area contributed by atoms with E-state index in [2.05, 4.69) is 43.5 Å². The number of ether oxygens (including phenoxy) is 1. The lowest BCUT2D eigenvalue weighted by molar-refractivity contribution is -0.143. The number of rotatable bonds is 77. The number of hydrogen-bond acceptors (Lipinski definition) is 5. The molecule has 1 amide bonds. The SMILES string of the molecule is CCCCCCCCCCCCCCCCCCCCCCCCC(O)C(CO)NC(=O)CCCCCCCCCCCCCCCCCCC/C=C\C/C=C\CCCCCCCCCCCOC(=O)CCCCCCCCCCCCCCCCCC. The Morgan fingerprint density at radius 2 is 0.568 bits per heavy atom. The summed E-state index contributed by atoms with van der Waals surface area (Å²) < 4.78 is 5.51. The highest BCUT2D eigenvalue weighted by Gasteiger charge is 2.20. The van der Waals surface area contributed by atoms with Crippen LogP contribution in [0.15, 0.2) is 24.3 Å². The van der Waals surface area contributed by atoms with Crippen molar-refractivity contribution < 1.29 is 24.5 Å². The Morgan fingerprint density at radius 3 is 0.864 bits per heavy atom. The summed E-state index contributed by atoms with van der Waals surface area (Å²) in [6, 6.07) is -0.541. The van der Waals surface area contributed by atoms with Gasteiger partial charge in [-0.15, -0.1) is 0 Å². The quantitative estimate of drug-likeness (QED) is 0.0320. The fraction of sp³-hybridized carbons (Fsp3) is 0.927. The highest BCUT2D eigenvalue weighted by atomic mass is 16.5. The molecule has 0 radical (unpaired) electrons. The van der Waals surface area contributed by atoms with Crippen LogP contribution in [0.5, 0.6) is 0 Å². The third-order valence-corrected chi connectivity index (χ3v) is 19.3. The monoisotopic (exact) mass is 1240 g/mol. The molecule has 0 aromatic carbocycles. The molecule has 3 N–H and O–H groups in total. The van der Waals surface area contributed by atoms with Crippen molar-refractivity contribution in [2.45, 2.75) is 475 Å². The molecule has 0 spiro atoms. The van der Waals surface area contributed by atoms with Crippen LogP contribution in [-0.4, -0.2) is 47.4 Å². The first-order valence-electron chi connectivity index (χ1n) is 40.6. The minimum absolute atomic E-state index is 0.0188. The van der Waals surface area contributed by atoms with Gasteiger partial charge in [-0.2, -0.15) is 0 Å². The van der Waals surface area contributed by atoms with Gasteiger partial charge in [0.15, 0.2) is 0 Å². The van der Waals surface area contributed by atoms with Crippen molar-refractivity contribution in [3.05, 3.63) is 24.3 Å². The molecule has 0 saturated heterocycles. The molecular weight excluding hydrogens is 1080 g/mol. The number of allylic oxidation sites excluding steroid dienone is 4. The van der Waals surface area contributed by atoms with E-state index >= 15 is 0 Å². The summed E-state index contributed by atoms with van der Waals surface area (Å²) in [5, 5.41) is 23.5. The van der Waals surface area contributed by atoms with E-state index < -0.39 is 12.1 Å². The maximum atomic E-state index is 12.6. The number of nitrogens with one attached hydrogen (secondary N) is 1. The summed E-state index contributed by atoms with van der Waals surface area (Å²) in [7, 11) is 0. The topological polar surface area (TPSA) is 95.9 Å². The molecule has 0 saturated carbocycles. The Kier molecular flexibility index (Phi) is 76.3. The van der Waals surface area contributed by atoms with Crippen LogP contribution < -0.4 is 5.32 Å². The van der Waals surface area contributed by atoms with Crippen LogP contribution >= 0.6 is 0 Å². The highest BCUT2D eigenvalue weighted by molar-refractivity contribution is 5.76. The Bertz CT molecular complexity index is 1380. The van der Waals surface area contributed by atoms with Gasteiger partial charge >= 0.3 is 5.97 Å². The highest BCUT2D eigenvalue weighted by Crippen LogP contribution is 2.20. The second-order valence-electron chi connectivity index (χ2n) is 28.1. The van der Waals surface area contributed by atoms with Crippen molar-refractivity contribution in [3.8, 4) is 0 Å². The Labute approximate surface area is 551 Å². The van der Waals surface area contributed by atoms with Crippen molar-refractivity contribution in [1.29, 1.82) is 0 Å². The number of carbonyl (C=O) groups excluding carboxylic acids is 2. The van der Waals surface area contributed by atoms with Crippen molar-refractivity contribution in [1.82, 2.24) is 5.32 Å². The lowest BCUT2D eigenvalue weighted by Gasteiger charge is -2.22. The first kappa shape index (κ1) is 86.3. The smallest absolute Gasteiger partial charge is 0.305 e. The molecule has 0 fully saturated rings. The number of esters is 1. The van der Waals surface area contributed by atoms with E-state index in [1.807, 2.05) is 0 Å². The van der Waals surface area contributed by atoms with Crippen LogP contribution in [0.25, 0.3) is 0 Å². The molecule has 0 heterocycles. The average molecular weight is 1240 g/mol. The number of hydrogen-bond donors (Lipinski definition) is 3. The Morgan fingerprint density at radius 1 is 0.318 bits per heavy atom. The molecule has 0 aliphatic rings. The standard InChI is InChI=1S/C82H159NO5/c1-3-5-7-9-11-13-15-17-19-21-22-23-37-40-43-46-50-54-58-62-66-70-74-80(85)79(78-84)83-81(86)75-71-67-63-59-55-51-47-44-41-38-35-33-31-29-27-25-24-26-28-30-32-34-36-39-42-45-49-53-57-61-65-69-73-77-88-82(87)76-72-68-64-60-56-52-48-20-18-16-14-12-10-8-6-4-2/h28,30,34,36,79-80,84-85H,3-27,29,31-33,35,37-78H2,1-2H3,(H,83,86)/b30-28-,36-34-. The van der Waals surface area contributed by atoms with E-state index in [1.54, 1.807) is 0 Å². The molecule has 0 aromatic heterocycles. The second-order valence-corrected chi connectivity index (χ2v) is 28.1. The van der Waals surface area contributed by atoms with Crippen LogP contribution in [0.2, 0.25) is 0 Å². The number of aliphatic hydroxyl groups is 2. The van der Waals surface area contributed by atoms with E-state index in [0.717, 1.165) is 44.9 Å². The summed E-state index contributed by atoms with van der Waals surface area (Å²) in [6.45, 7) is 5.01. The predicted molar refractivity (Wildman–Crippen MR) is 389 cm³/mol. The minimum atomic E-state index is -0.664. The van der Waals surface area contributed by atoms with Crippen LogP contribution in [0.3, 0.4) is 0 Å². The van der Waals surface area contributed by atoms with E-state index in [1.165, 1.54) is 385 Å². The number of unbranched alkanes of at least 4 members (excludes halogenated alkanes) is 62. The van der Waals surface area contributed by atoms with Gasteiger partial charge in [0.2, 0.25) is 5.91 Å². The molecule has 0 aromatic rings. The molecule has 0 rings (SSSR count). The van der Waals surface area contributed by atoms with Crippen molar-refractivity contribution >= 4 is 11.9 Å². The van der Waals surface area contributed by atoms with Gasteiger partial charge in [-0.1, -0.05) is 417 Å². The molecule has 88 heavy (non-hydrogen) atoms. The van der Waals surface area contributed by atoms with Gasteiger partial charge in [0.25, 0.3) is 0 Å². The van der Waals surface area contributed by atoms with Crippen molar-refractivity contribution in [3.63, 3.8) is 0 Å². The number of amides is 1. The van der Waals surface area contributed by atoms with Gasteiger partial charge in [0.05, 0.1) is 25.4 Å². The Balaban J connectivity index is 3.37. The van der Waals surface area contributed by atoms with E-state index in [0.29, 0.717) is 25.9 Å². The largest absolute Gasteiger partial charge is 0.466 e. The first-order chi connectivity index (χ1) is 43.5. The number of aliphatic hydroxyl groups excluding tert-OH is 2. The zero-order valence-electron chi connectivity index (χ0n) is 60.0. The van der Waals surface area contributed by atoms with E-state index in [4.69, 9.17) is 4.74 Å². The Hall–Kier alpha value is -1.66. The minimum Gasteiger partial charge on any atom is -0.466 e. The molecule has 2 unspecified atom stereocenters. The maximum absolute atomic E-state index is 12.6. The zero-order valence-corrected chi connectivity index (χ0v) is 60.0. The molecule has 2 atom stereocenters. The third-order valence-electron chi connectivity index (χ3n) is 19.3. The predicted octanol–water partition coefficient (Wildman–Crippen LogP) is 26.8. The van der Waals surface area contributed by atoms with Crippen LogP contribution in [0.4, 0.5) is 0 Å².